The van der Waals surface area contributed by atoms with E-state index in [0.29, 0.717) is 16.9 Å². The van der Waals surface area contributed by atoms with Crippen molar-refractivity contribution >= 4 is 32.1 Å². The number of nitrogens with zero attached hydrogens (tertiary/aromatic N) is 1. The lowest BCUT2D eigenvalue weighted by Crippen LogP contribution is -2.23. The zero-order chi connectivity index (χ0) is 22.3. The predicted octanol–water partition coefficient (Wildman–Crippen LogP) is 3.38. The topological polar surface area (TPSA) is 104 Å². The molecule has 4 aromatic rings. The first kappa shape index (κ1) is 20.4. The van der Waals surface area contributed by atoms with Crippen LogP contribution in [0.15, 0.2) is 70.5 Å². The number of benzene rings is 2. The van der Waals surface area contributed by atoms with Gasteiger partial charge < -0.3 is 15.6 Å². The number of aromatic amines is 1. The summed E-state index contributed by atoms with van der Waals surface area (Å²) in [5.74, 6) is 0.459. The van der Waals surface area contributed by atoms with Crippen molar-refractivity contribution in [2.75, 3.05) is 18.1 Å². The van der Waals surface area contributed by atoms with E-state index in [4.69, 9.17) is 4.98 Å². The van der Waals surface area contributed by atoms with E-state index in [1.165, 1.54) is 17.4 Å². The lowest BCUT2D eigenvalue weighted by molar-refractivity contribution is 0.602. The van der Waals surface area contributed by atoms with Crippen LogP contribution in [0, 0.1) is 0 Å². The number of aromatic nitrogens is 2. The molecule has 7 nitrogen and oxygen atoms in total. The van der Waals surface area contributed by atoms with Crippen LogP contribution in [0.2, 0.25) is 0 Å². The molecule has 0 bridgehead atoms. The van der Waals surface area contributed by atoms with Crippen LogP contribution in [-0.4, -0.2) is 31.2 Å². The summed E-state index contributed by atoms with van der Waals surface area (Å²) in [6, 6.07) is 16.4. The molecule has 5 rings (SSSR count). The van der Waals surface area contributed by atoms with Gasteiger partial charge in [0.15, 0.2) is 9.84 Å². The van der Waals surface area contributed by atoms with E-state index in [2.05, 4.69) is 27.8 Å². The second-order valence-corrected chi connectivity index (χ2v) is 9.97. The van der Waals surface area contributed by atoms with Crippen LogP contribution in [-0.2, 0) is 22.8 Å². The van der Waals surface area contributed by atoms with E-state index in [9.17, 15) is 13.2 Å². The fourth-order valence-electron chi connectivity index (χ4n) is 4.02. The molecule has 0 atom stereocenters. The lowest BCUT2D eigenvalue weighted by atomic mass is 10.0. The molecule has 1 aliphatic heterocycles. The van der Waals surface area contributed by atoms with E-state index >= 15 is 0 Å². The summed E-state index contributed by atoms with van der Waals surface area (Å²) in [6.07, 6.45) is 3.74. The molecule has 32 heavy (non-hydrogen) atoms. The fraction of sp³-hybridized carbons (Fsp3) is 0.167. The first-order valence-electron chi connectivity index (χ1n) is 10.3. The standard InChI is InChI=1S/C24H22N4O3S/c1-32(30,31)20-6-3-15(4-7-20)21-13-17-9-11-26-24(29)22(17)23(28-21)27-19-5-2-18-14-25-10-8-16(18)12-19/h2-7,9,11-13,25H,8,10,14H2,1H3,(H,26,29)(H,27,28). The normalized spacial score (nSPS) is 13.7. The Morgan fingerprint density at radius 3 is 2.59 bits per heavy atom. The minimum Gasteiger partial charge on any atom is -0.340 e. The van der Waals surface area contributed by atoms with Gasteiger partial charge in [-0.25, -0.2) is 13.4 Å². The number of rotatable bonds is 4. The van der Waals surface area contributed by atoms with Gasteiger partial charge >= 0.3 is 0 Å². The van der Waals surface area contributed by atoms with Crippen LogP contribution < -0.4 is 16.2 Å². The Morgan fingerprint density at radius 2 is 1.81 bits per heavy atom. The zero-order valence-electron chi connectivity index (χ0n) is 17.5. The Morgan fingerprint density at radius 1 is 1.00 bits per heavy atom. The van der Waals surface area contributed by atoms with Crippen molar-refractivity contribution in [3.8, 4) is 11.3 Å². The molecular weight excluding hydrogens is 424 g/mol. The number of pyridine rings is 2. The molecular formula is C24H22N4O3S. The van der Waals surface area contributed by atoms with Gasteiger partial charge in [0.25, 0.3) is 5.56 Å². The lowest BCUT2D eigenvalue weighted by Gasteiger charge is -2.18. The van der Waals surface area contributed by atoms with E-state index in [0.717, 1.165) is 36.1 Å². The molecule has 0 saturated carbocycles. The van der Waals surface area contributed by atoms with Crippen LogP contribution in [0.25, 0.3) is 22.0 Å². The van der Waals surface area contributed by atoms with E-state index in [1.54, 1.807) is 30.5 Å². The number of sulfone groups is 1. The molecule has 2 aromatic heterocycles. The molecule has 0 spiro atoms. The minimum atomic E-state index is -3.28. The third kappa shape index (κ3) is 3.90. The number of hydrogen-bond donors (Lipinski definition) is 3. The smallest absolute Gasteiger partial charge is 0.259 e. The van der Waals surface area contributed by atoms with Crippen molar-refractivity contribution in [2.24, 2.45) is 0 Å². The highest BCUT2D eigenvalue weighted by Gasteiger charge is 2.14. The zero-order valence-corrected chi connectivity index (χ0v) is 18.3. The summed E-state index contributed by atoms with van der Waals surface area (Å²) in [6.45, 7) is 1.80. The van der Waals surface area contributed by atoms with Crippen LogP contribution in [0.5, 0.6) is 0 Å². The van der Waals surface area contributed by atoms with Crippen molar-refractivity contribution in [1.82, 2.24) is 15.3 Å². The quantitative estimate of drug-likeness (QED) is 0.444. The van der Waals surface area contributed by atoms with Crippen LogP contribution >= 0.6 is 0 Å². The van der Waals surface area contributed by atoms with Gasteiger partial charge in [-0.2, -0.15) is 0 Å². The molecule has 3 N–H and O–H groups in total. The molecule has 162 valence electrons. The Bertz CT molecular complexity index is 1490. The Labute approximate surface area is 185 Å². The highest BCUT2D eigenvalue weighted by Crippen LogP contribution is 2.29. The van der Waals surface area contributed by atoms with Gasteiger partial charge in [0.1, 0.15) is 5.82 Å². The van der Waals surface area contributed by atoms with Crippen molar-refractivity contribution < 1.29 is 8.42 Å². The summed E-state index contributed by atoms with van der Waals surface area (Å²) in [5.41, 5.74) is 4.61. The van der Waals surface area contributed by atoms with Crippen molar-refractivity contribution in [3.63, 3.8) is 0 Å². The maximum atomic E-state index is 12.6. The number of anilines is 2. The first-order chi connectivity index (χ1) is 15.4. The monoisotopic (exact) mass is 446 g/mol. The van der Waals surface area contributed by atoms with Gasteiger partial charge in [0.05, 0.1) is 16.0 Å². The summed E-state index contributed by atoms with van der Waals surface area (Å²) >= 11 is 0. The molecule has 0 amide bonds. The summed E-state index contributed by atoms with van der Waals surface area (Å²) in [7, 11) is -3.28. The Balaban J connectivity index is 1.61. The molecule has 0 fully saturated rings. The van der Waals surface area contributed by atoms with Gasteiger partial charge in [-0.1, -0.05) is 18.2 Å². The van der Waals surface area contributed by atoms with Crippen LogP contribution in [0.1, 0.15) is 11.1 Å². The third-order valence-electron chi connectivity index (χ3n) is 5.69. The molecule has 8 heteroatoms. The summed E-state index contributed by atoms with van der Waals surface area (Å²) < 4.78 is 23.6. The van der Waals surface area contributed by atoms with Gasteiger partial charge in [-0.05, 0) is 65.9 Å². The Kier molecular flexibility index (Phi) is 5.03. The molecule has 3 heterocycles. The molecule has 0 radical (unpaired) electrons. The molecule has 2 aromatic carbocycles. The average Bonchev–Trinajstić information content (AvgIpc) is 2.78. The highest BCUT2D eigenvalue weighted by molar-refractivity contribution is 7.90. The van der Waals surface area contributed by atoms with Crippen LogP contribution in [0.4, 0.5) is 11.5 Å². The van der Waals surface area contributed by atoms with Gasteiger partial charge in [0.2, 0.25) is 0 Å². The fourth-order valence-corrected chi connectivity index (χ4v) is 4.65. The predicted molar refractivity (Wildman–Crippen MR) is 126 cm³/mol. The van der Waals surface area contributed by atoms with Crippen molar-refractivity contribution in [2.45, 2.75) is 17.9 Å². The maximum absolute atomic E-state index is 12.6. The first-order valence-corrected chi connectivity index (χ1v) is 12.2. The number of hydrogen-bond acceptors (Lipinski definition) is 6. The van der Waals surface area contributed by atoms with Gasteiger partial charge in [-0.15, -0.1) is 0 Å². The molecule has 0 unspecified atom stereocenters. The second-order valence-electron chi connectivity index (χ2n) is 7.96. The number of H-pyrrole nitrogens is 1. The molecule has 0 saturated heterocycles. The SMILES string of the molecule is CS(=O)(=O)c1ccc(-c2cc3cc[nH]c(=O)c3c(Nc3ccc4c(c3)CCNC4)n2)cc1. The summed E-state index contributed by atoms with van der Waals surface area (Å²) in [5, 5.41) is 7.92. The third-order valence-corrected chi connectivity index (χ3v) is 6.82. The Hall–Kier alpha value is -3.49. The van der Waals surface area contributed by atoms with E-state index < -0.39 is 9.84 Å². The second kappa shape index (κ2) is 7.89. The van der Waals surface area contributed by atoms with Crippen molar-refractivity contribution in [1.29, 1.82) is 0 Å². The van der Waals surface area contributed by atoms with Gasteiger partial charge in [0, 0.05) is 30.2 Å². The summed E-state index contributed by atoms with van der Waals surface area (Å²) in [4.78, 5) is 20.3. The minimum absolute atomic E-state index is 0.223. The van der Waals surface area contributed by atoms with Gasteiger partial charge in [-0.3, -0.25) is 4.79 Å². The van der Waals surface area contributed by atoms with Crippen molar-refractivity contribution in [3.05, 3.63) is 82.3 Å². The highest BCUT2D eigenvalue weighted by atomic mass is 32.2. The van der Waals surface area contributed by atoms with Crippen LogP contribution in [0.3, 0.4) is 0 Å². The van der Waals surface area contributed by atoms with E-state index in [1.807, 2.05) is 18.2 Å². The number of nitrogens with one attached hydrogen (secondary N) is 3. The largest absolute Gasteiger partial charge is 0.340 e. The average molecular weight is 447 g/mol. The maximum Gasteiger partial charge on any atom is 0.259 e. The molecule has 1 aliphatic rings. The molecule has 0 aliphatic carbocycles. The number of fused-ring (bicyclic) bond motifs is 2. The van der Waals surface area contributed by atoms with E-state index in [-0.39, 0.29) is 10.5 Å².